The first-order valence-electron chi connectivity index (χ1n) is 7.45. The molecule has 2 aliphatic rings. The zero-order chi connectivity index (χ0) is 13.1. The van der Waals surface area contributed by atoms with E-state index in [1.807, 2.05) is 6.08 Å². The van der Waals surface area contributed by atoms with E-state index in [0.717, 1.165) is 6.32 Å². The first-order valence-corrected chi connectivity index (χ1v) is 7.45. The zero-order valence-electron chi connectivity index (χ0n) is 11.5. The molecule has 98 valence electrons. The largest absolute Gasteiger partial charge is 0.558 e. The van der Waals surface area contributed by atoms with E-state index in [-0.39, 0.29) is 6.92 Å². The molecular weight excluding hydrogens is 231 g/mol. The van der Waals surface area contributed by atoms with E-state index in [1.165, 1.54) is 48.9 Å². The Morgan fingerprint density at radius 2 is 1.84 bits per heavy atom. The molecule has 0 aromatic heterocycles. The molecule has 1 aromatic rings. The van der Waals surface area contributed by atoms with Crippen molar-refractivity contribution in [2.24, 2.45) is 5.92 Å². The van der Waals surface area contributed by atoms with Gasteiger partial charge in [-0.2, -0.15) is 0 Å². The summed E-state index contributed by atoms with van der Waals surface area (Å²) in [6.45, 7) is 4.18. The van der Waals surface area contributed by atoms with E-state index < -0.39 is 0 Å². The molecule has 0 radical (unpaired) electrons. The molecule has 1 saturated carbocycles. The Labute approximate surface area is 116 Å². The molecule has 0 bridgehead atoms. The summed E-state index contributed by atoms with van der Waals surface area (Å²) >= 11 is 0. The fourth-order valence-corrected chi connectivity index (χ4v) is 3.33. The van der Waals surface area contributed by atoms with Gasteiger partial charge in [-0.15, -0.1) is 0 Å². The molecule has 1 nitrogen and oxygen atoms in total. The van der Waals surface area contributed by atoms with Crippen molar-refractivity contribution in [2.45, 2.75) is 38.4 Å². The molecule has 0 amide bonds. The number of rotatable bonds is 3. The normalized spacial score (nSPS) is 20.5. The van der Waals surface area contributed by atoms with Gasteiger partial charge in [-0.1, -0.05) is 62.2 Å². The molecule has 0 spiro atoms. The van der Waals surface area contributed by atoms with Crippen molar-refractivity contribution in [1.29, 1.82) is 0 Å². The lowest BCUT2D eigenvalue weighted by Gasteiger charge is -2.24. The van der Waals surface area contributed by atoms with Crippen molar-refractivity contribution in [3.8, 4) is 0 Å². The van der Waals surface area contributed by atoms with Gasteiger partial charge in [-0.3, -0.25) is 0 Å². The molecule has 3 rings (SSSR count). The van der Waals surface area contributed by atoms with Crippen LogP contribution in [0.2, 0.25) is 6.32 Å². The minimum atomic E-state index is 0.200. The minimum Gasteiger partial charge on any atom is -0.558 e. The number of allylic oxidation sites excluding steroid dienone is 3. The molecule has 19 heavy (non-hydrogen) atoms. The van der Waals surface area contributed by atoms with Gasteiger partial charge in [0.15, 0.2) is 0 Å². The summed E-state index contributed by atoms with van der Waals surface area (Å²) in [6.07, 6.45) is 9.64. The third-order valence-electron chi connectivity index (χ3n) is 4.38. The second kappa shape index (κ2) is 5.69. The van der Waals surface area contributed by atoms with E-state index in [9.17, 15) is 0 Å². The Kier molecular flexibility index (Phi) is 3.77. The summed E-state index contributed by atoms with van der Waals surface area (Å²) in [7, 11) is 0. The maximum absolute atomic E-state index is 6.30. The molecule has 1 aliphatic heterocycles. The molecule has 1 fully saturated rings. The lowest BCUT2D eigenvalue weighted by molar-refractivity contribution is 0.299. The average molecular weight is 252 g/mol. The highest BCUT2D eigenvalue weighted by Crippen LogP contribution is 2.37. The molecule has 0 saturated heterocycles. The van der Waals surface area contributed by atoms with Crippen molar-refractivity contribution >= 4 is 12.4 Å². The van der Waals surface area contributed by atoms with Crippen LogP contribution in [0.4, 0.5) is 0 Å². The Hall–Kier alpha value is -1.44. The third kappa shape index (κ3) is 2.63. The zero-order valence-corrected chi connectivity index (χ0v) is 11.5. The fourth-order valence-electron chi connectivity index (χ4n) is 3.33. The summed E-state index contributed by atoms with van der Waals surface area (Å²) in [4.78, 5) is 0. The van der Waals surface area contributed by atoms with Crippen LogP contribution in [0.5, 0.6) is 0 Å². The van der Waals surface area contributed by atoms with Crippen LogP contribution in [0.25, 0.3) is 0 Å². The highest BCUT2D eigenvalue weighted by atomic mass is 16.4. The Balaban J connectivity index is 1.78. The molecule has 1 aliphatic carbocycles. The highest BCUT2D eigenvalue weighted by Gasteiger charge is 2.34. The van der Waals surface area contributed by atoms with Crippen LogP contribution < -0.4 is 5.46 Å². The second-order valence-corrected chi connectivity index (χ2v) is 5.65. The van der Waals surface area contributed by atoms with E-state index in [4.69, 9.17) is 4.65 Å². The number of benzene rings is 1. The van der Waals surface area contributed by atoms with Gasteiger partial charge in [0.05, 0.1) is 5.76 Å². The van der Waals surface area contributed by atoms with Gasteiger partial charge in [0, 0.05) is 5.92 Å². The predicted molar refractivity (Wildman–Crippen MR) is 81.5 cm³/mol. The molecule has 1 aromatic carbocycles. The topological polar surface area (TPSA) is 9.23 Å². The number of hydrogen-bond acceptors (Lipinski definition) is 1. The van der Waals surface area contributed by atoms with E-state index in [2.05, 4.69) is 36.9 Å². The summed E-state index contributed by atoms with van der Waals surface area (Å²) in [5.74, 6) is 1.87. The van der Waals surface area contributed by atoms with Crippen LogP contribution in [0.1, 0.15) is 32.1 Å². The first-order chi connectivity index (χ1) is 9.38. The fraction of sp³-hybridized carbons (Fsp3) is 0.412. The van der Waals surface area contributed by atoms with Gasteiger partial charge in [-0.05, 0) is 30.2 Å². The number of hydrogen-bond donors (Lipinski definition) is 0. The maximum Gasteiger partial charge on any atom is 0.395 e. The smallest absolute Gasteiger partial charge is 0.395 e. The van der Waals surface area contributed by atoms with E-state index in [0.29, 0.717) is 5.92 Å². The molecule has 1 heterocycles. The molecule has 0 atom stereocenters. The highest BCUT2D eigenvalue weighted by molar-refractivity contribution is 6.69. The molecular formula is C17H21BO. The van der Waals surface area contributed by atoms with Gasteiger partial charge in [0.1, 0.15) is 0 Å². The van der Waals surface area contributed by atoms with Gasteiger partial charge in [0.25, 0.3) is 0 Å². The summed E-state index contributed by atoms with van der Waals surface area (Å²) in [6, 6.07) is 10.6. The summed E-state index contributed by atoms with van der Waals surface area (Å²) in [5, 5.41) is 0. The Morgan fingerprint density at radius 3 is 2.53 bits per heavy atom. The van der Waals surface area contributed by atoms with Crippen LogP contribution >= 0.6 is 0 Å². The maximum atomic E-state index is 6.30. The van der Waals surface area contributed by atoms with E-state index >= 15 is 0 Å². The van der Waals surface area contributed by atoms with Crippen molar-refractivity contribution in [3.63, 3.8) is 0 Å². The molecule has 0 unspecified atom stereocenters. The predicted octanol–water partition coefficient (Wildman–Crippen LogP) is 3.94. The summed E-state index contributed by atoms with van der Waals surface area (Å²) < 4.78 is 6.30. The van der Waals surface area contributed by atoms with Crippen LogP contribution in [0, 0.1) is 5.92 Å². The van der Waals surface area contributed by atoms with Crippen LogP contribution in [-0.2, 0) is 4.65 Å². The monoisotopic (exact) mass is 252 g/mol. The van der Waals surface area contributed by atoms with Crippen LogP contribution in [0.15, 0.2) is 54.3 Å². The first kappa shape index (κ1) is 12.6. The van der Waals surface area contributed by atoms with Gasteiger partial charge < -0.3 is 4.65 Å². The standard InChI is InChI=1S/C17H21BO/c1-2-14-13-18(16-11-7-4-8-12-16)19-17(14)15-9-5-3-6-10-15/h2,4,7-8,11-12,15H,1,3,5-6,9-10,13H2. The van der Waals surface area contributed by atoms with Gasteiger partial charge in [-0.25, -0.2) is 0 Å². The van der Waals surface area contributed by atoms with Crippen molar-refractivity contribution in [1.82, 2.24) is 0 Å². The minimum absolute atomic E-state index is 0.200. The van der Waals surface area contributed by atoms with Gasteiger partial charge >= 0.3 is 6.92 Å². The SMILES string of the molecule is C=CC1=C(C2CCCCC2)OB(c2ccccc2)C1. The van der Waals surface area contributed by atoms with E-state index in [1.54, 1.807) is 0 Å². The lowest BCUT2D eigenvalue weighted by Crippen LogP contribution is -2.30. The molecule has 0 N–H and O–H groups in total. The van der Waals surface area contributed by atoms with Crippen LogP contribution in [-0.4, -0.2) is 6.92 Å². The summed E-state index contributed by atoms with van der Waals surface area (Å²) in [5.41, 5.74) is 2.62. The van der Waals surface area contributed by atoms with Crippen LogP contribution in [0.3, 0.4) is 0 Å². The van der Waals surface area contributed by atoms with Crippen molar-refractivity contribution < 1.29 is 4.65 Å². The van der Waals surface area contributed by atoms with Crippen molar-refractivity contribution in [3.05, 3.63) is 54.3 Å². The van der Waals surface area contributed by atoms with Gasteiger partial charge in [0.2, 0.25) is 0 Å². The quantitative estimate of drug-likeness (QED) is 0.740. The van der Waals surface area contributed by atoms with Crippen molar-refractivity contribution in [2.75, 3.05) is 0 Å². The lowest BCUT2D eigenvalue weighted by atomic mass is 9.58. The Morgan fingerprint density at radius 1 is 1.11 bits per heavy atom. The second-order valence-electron chi connectivity index (χ2n) is 5.65. The molecule has 2 heteroatoms. The third-order valence-corrected chi connectivity index (χ3v) is 4.38. The Bertz CT molecular complexity index is 471. The average Bonchev–Trinajstić information content (AvgIpc) is 2.93.